The van der Waals surface area contributed by atoms with E-state index in [-0.39, 0.29) is 17.9 Å². The molecule has 1 aliphatic carbocycles. The molecule has 0 spiro atoms. The van der Waals surface area contributed by atoms with Crippen molar-refractivity contribution in [1.29, 1.82) is 0 Å². The molecule has 7 nitrogen and oxygen atoms in total. The van der Waals surface area contributed by atoms with Crippen LogP contribution < -0.4 is 10.6 Å². The van der Waals surface area contributed by atoms with Gasteiger partial charge in [-0.3, -0.25) is 19.3 Å². The second kappa shape index (κ2) is 8.54. The smallest absolute Gasteiger partial charge is 0.255 e. The monoisotopic (exact) mass is 381 g/mol. The van der Waals surface area contributed by atoms with Crippen LogP contribution >= 0.6 is 0 Å². The first-order valence-corrected chi connectivity index (χ1v) is 10.2. The molecular weight excluding hydrogens is 354 g/mol. The molecule has 0 aromatic carbocycles. The highest BCUT2D eigenvalue weighted by molar-refractivity contribution is 5.95. The molecule has 4 rings (SSSR count). The van der Waals surface area contributed by atoms with E-state index in [1.54, 1.807) is 18.6 Å². The summed E-state index contributed by atoms with van der Waals surface area (Å²) in [6.45, 7) is 1.06. The molecule has 148 valence electrons. The lowest BCUT2D eigenvalue weighted by Gasteiger charge is -2.21. The van der Waals surface area contributed by atoms with Gasteiger partial charge in [-0.2, -0.15) is 5.10 Å². The van der Waals surface area contributed by atoms with Gasteiger partial charge in [-0.05, 0) is 30.4 Å². The minimum Gasteiger partial charge on any atom is -0.351 e. The summed E-state index contributed by atoms with van der Waals surface area (Å²) in [7, 11) is 0. The number of amides is 2. The van der Waals surface area contributed by atoms with Gasteiger partial charge >= 0.3 is 0 Å². The van der Waals surface area contributed by atoms with Crippen LogP contribution in [0.3, 0.4) is 0 Å². The zero-order chi connectivity index (χ0) is 19.3. The fraction of sp³-hybridized carbons (Fsp3) is 0.524. The van der Waals surface area contributed by atoms with E-state index in [2.05, 4.69) is 20.7 Å². The molecule has 2 aliphatic rings. The quantitative estimate of drug-likeness (QED) is 0.803. The normalized spacial score (nSPS) is 19.2. The number of carbonyl (C=O) groups is 2. The third-order valence-electron chi connectivity index (χ3n) is 5.77. The van der Waals surface area contributed by atoms with Crippen LogP contribution in [-0.4, -0.2) is 32.6 Å². The molecule has 0 saturated heterocycles. The summed E-state index contributed by atoms with van der Waals surface area (Å²) >= 11 is 0. The maximum Gasteiger partial charge on any atom is 0.255 e. The molecule has 7 heteroatoms. The standard InChI is InChI=1S/C21H27N5O2/c27-20(9-15-5-2-1-3-6-15)25-17-10-19-18(13-24-26(19)14-17)21(28)23-12-16-7-4-8-22-11-16/h4,7-8,11,13,15,17H,1-3,5-6,9-10,12,14H2,(H,23,28)(H,25,27)/t17-/m0/s1. The lowest BCUT2D eigenvalue weighted by Crippen LogP contribution is -2.37. The van der Waals surface area contributed by atoms with Crippen molar-refractivity contribution in [2.75, 3.05) is 0 Å². The number of hydrogen-bond acceptors (Lipinski definition) is 4. The van der Waals surface area contributed by atoms with Crippen LogP contribution in [0.15, 0.2) is 30.7 Å². The molecule has 1 atom stereocenters. The Balaban J connectivity index is 1.30. The minimum atomic E-state index is -0.140. The lowest BCUT2D eigenvalue weighted by atomic mass is 9.87. The number of hydrogen-bond donors (Lipinski definition) is 2. The molecule has 1 aliphatic heterocycles. The van der Waals surface area contributed by atoms with Crippen molar-refractivity contribution in [3.8, 4) is 0 Å². The average molecular weight is 381 g/mol. The summed E-state index contributed by atoms with van der Waals surface area (Å²) in [5.41, 5.74) is 2.44. The number of pyridine rings is 1. The van der Waals surface area contributed by atoms with Gasteiger partial charge in [0.25, 0.3) is 5.91 Å². The number of carbonyl (C=O) groups excluding carboxylic acids is 2. The number of nitrogens with zero attached hydrogens (tertiary/aromatic N) is 3. The van der Waals surface area contributed by atoms with Gasteiger partial charge in [0.15, 0.2) is 0 Å². The van der Waals surface area contributed by atoms with Crippen molar-refractivity contribution in [3.63, 3.8) is 0 Å². The average Bonchev–Trinajstić information content (AvgIpc) is 3.27. The second-order valence-corrected chi connectivity index (χ2v) is 7.91. The summed E-state index contributed by atoms with van der Waals surface area (Å²) < 4.78 is 1.84. The van der Waals surface area contributed by atoms with Crippen molar-refractivity contribution in [2.24, 2.45) is 5.92 Å². The van der Waals surface area contributed by atoms with Crippen molar-refractivity contribution >= 4 is 11.8 Å². The Morgan fingerprint density at radius 3 is 2.82 bits per heavy atom. The first-order chi connectivity index (χ1) is 13.7. The van der Waals surface area contributed by atoms with Gasteiger partial charge in [0.2, 0.25) is 5.91 Å². The predicted molar refractivity (Wildman–Crippen MR) is 104 cm³/mol. The van der Waals surface area contributed by atoms with Crippen LogP contribution in [-0.2, 0) is 24.3 Å². The molecule has 28 heavy (non-hydrogen) atoms. The Morgan fingerprint density at radius 2 is 2.04 bits per heavy atom. The number of nitrogens with one attached hydrogen (secondary N) is 2. The van der Waals surface area contributed by atoms with Crippen molar-refractivity contribution in [3.05, 3.63) is 47.5 Å². The lowest BCUT2D eigenvalue weighted by molar-refractivity contribution is -0.122. The third-order valence-corrected chi connectivity index (χ3v) is 5.77. The van der Waals surface area contributed by atoms with Crippen molar-refractivity contribution < 1.29 is 9.59 Å². The molecule has 2 aromatic heterocycles. The van der Waals surface area contributed by atoms with Crippen molar-refractivity contribution in [2.45, 2.75) is 64.1 Å². The summed E-state index contributed by atoms with van der Waals surface area (Å²) in [6.07, 6.45) is 12.5. The molecule has 3 heterocycles. The maximum atomic E-state index is 12.6. The summed E-state index contributed by atoms with van der Waals surface area (Å²) in [5, 5.41) is 10.4. The molecule has 0 radical (unpaired) electrons. The van der Waals surface area contributed by atoms with Crippen LogP contribution in [0, 0.1) is 5.92 Å². The molecule has 2 amide bonds. The highest BCUT2D eigenvalue weighted by Gasteiger charge is 2.29. The fourth-order valence-electron chi connectivity index (χ4n) is 4.30. The van der Waals surface area contributed by atoms with E-state index in [9.17, 15) is 9.59 Å². The van der Waals surface area contributed by atoms with E-state index in [0.29, 0.717) is 37.4 Å². The van der Waals surface area contributed by atoms with Crippen LogP contribution in [0.1, 0.15) is 60.1 Å². The Morgan fingerprint density at radius 1 is 1.18 bits per heavy atom. The Bertz CT molecular complexity index is 827. The van der Waals surface area contributed by atoms with E-state index >= 15 is 0 Å². The Labute approximate surface area is 164 Å². The Kier molecular flexibility index (Phi) is 5.69. The van der Waals surface area contributed by atoms with E-state index in [0.717, 1.165) is 11.3 Å². The molecular formula is C21H27N5O2. The van der Waals surface area contributed by atoms with Crippen LogP contribution in [0.4, 0.5) is 0 Å². The van der Waals surface area contributed by atoms with E-state index in [4.69, 9.17) is 0 Å². The van der Waals surface area contributed by atoms with Gasteiger partial charge in [-0.15, -0.1) is 0 Å². The van der Waals surface area contributed by atoms with Crippen LogP contribution in [0.2, 0.25) is 0 Å². The molecule has 1 fully saturated rings. The van der Waals surface area contributed by atoms with Gasteiger partial charge in [0.05, 0.1) is 30.0 Å². The maximum absolute atomic E-state index is 12.6. The molecule has 0 unspecified atom stereocenters. The highest BCUT2D eigenvalue weighted by atomic mass is 16.2. The fourth-order valence-corrected chi connectivity index (χ4v) is 4.30. The molecule has 0 bridgehead atoms. The zero-order valence-corrected chi connectivity index (χ0v) is 16.1. The topological polar surface area (TPSA) is 88.9 Å². The Hall–Kier alpha value is -2.70. The highest BCUT2D eigenvalue weighted by Crippen LogP contribution is 2.26. The number of fused-ring (bicyclic) bond motifs is 1. The summed E-state index contributed by atoms with van der Waals surface area (Å²) in [5.74, 6) is 0.519. The van der Waals surface area contributed by atoms with Crippen LogP contribution in [0.5, 0.6) is 0 Å². The zero-order valence-electron chi connectivity index (χ0n) is 16.1. The van der Waals surface area contributed by atoms with Crippen LogP contribution in [0.25, 0.3) is 0 Å². The predicted octanol–water partition coefficient (Wildman–Crippen LogP) is 2.22. The van der Waals surface area contributed by atoms with Gasteiger partial charge < -0.3 is 10.6 Å². The van der Waals surface area contributed by atoms with E-state index < -0.39 is 0 Å². The van der Waals surface area contributed by atoms with E-state index in [1.165, 1.54) is 32.1 Å². The number of rotatable bonds is 6. The van der Waals surface area contributed by atoms with Gasteiger partial charge in [-0.25, -0.2) is 0 Å². The first kappa shape index (κ1) is 18.7. The second-order valence-electron chi connectivity index (χ2n) is 7.91. The van der Waals surface area contributed by atoms with Gasteiger partial charge in [-0.1, -0.05) is 25.3 Å². The molecule has 2 aromatic rings. The number of aromatic nitrogens is 3. The van der Waals surface area contributed by atoms with Gasteiger partial charge in [0.1, 0.15) is 0 Å². The van der Waals surface area contributed by atoms with E-state index in [1.807, 2.05) is 16.8 Å². The summed E-state index contributed by atoms with van der Waals surface area (Å²) in [4.78, 5) is 29.0. The largest absolute Gasteiger partial charge is 0.351 e. The third kappa shape index (κ3) is 4.40. The minimum absolute atomic E-state index is 0.0182. The SMILES string of the molecule is O=C(CC1CCCCC1)N[C@H]1Cc2c(C(=O)NCc3cccnc3)cnn2C1. The molecule has 2 N–H and O–H groups in total. The van der Waals surface area contributed by atoms with Crippen molar-refractivity contribution in [1.82, 2.24) is 25.4 Å². The first-order valence-electron chi connectivity index (χ1n) is 10.2. The van der Waals surface area contributed by atoms with Gasteiger partial charge in [0, 0.05) is 31.8 Å². The molecule has 1 saturated carbocycles. The summed E-state index contributed by atoms with van der Waals surface area (Å²) in [6, 6.07) is 3.79.